The molecule has 0 amide bonds. The van der Waals surface area contributed by atoms with Crippen LogP contribution in [0.1, 0.15) is 0 Å². The van der Waals surface area contributed by atoms with E-state index in [-0.39, 0.29) is 5.82 Å². The molecule has 4 nitrogen and oxygen atoms in total. The lowest BCUT2D eigenvalue weighted by molar-refractivity contribution is -0.901. The van der Waals surface area contributed by atoms with Crippen molar-refractivity contribution in [2.24, 2.45) is 0 Å². The van der Waals surface area contributed by atoms with E-state index in [0.29, 0.717) is 22.2 Å². The van der Waals surface area contributed by atoms with E-state index in [4.69, 9.17) is 0 Å². The van der Waals surface area contributed by atoms with E-state index in [1.807, 2.05) is 6.07 Å². The molecule has 3 rings (SSSR count). The van der Waals surface area contributed by atoms with Gasteiger partial charge in [-0.2, -0.15) is 4.31 Å². The van der Waals surface area contributed by atoms with Crippen LogP contribution < -0.4 is 4.90 Å². The van der Waals surface area contributed by atoms with E-state index in [1.165, 1.54) is 34.1 Å². The minimum Gasteiger partial charge on any atom is -0.332 e. The van der Waals surface area contributed by atoms with Gasteiger partial charge in [0.2, 0.25) is 0 Å². The molecule has 0 spiro atoms. The number of halogens is 1. The molecular formula is C16H20FN2O2S3+. The largest absolute Gasteiger partial charge is 0.332 e. The summed E-state index contributed by atoms with van der Waals surface area (Å²) in [5.74, 6) is 0.651. The molecule has 0 bridgehead atoms. The molecule has 0 radical (unpaired) electrons. The number of nitrogens with zero attached hydrogens (tertiary/aromatic N) is 1. The molecule has 0 saturated carbocycles. The van der Waals surface area contributed by atoms with Gasteiger partial charge in [-0.15, -0.1) is 23.1 Å². The van der Waals surface area contributed by atoms with Crippen LogP contribution in [-0.4, -0.2) is 51.2 Å². The Kier molecular flexibility index (Phi) is 5.93. The first-order valence-electron chi connectivity index (χ1n) is 7.82. The first kappa shape index (κ1) is 17.9. The van der Waals surface area contributed by atoms with E-state index >= 15 is 0 Å². The summed E-state index contributed by atoms with van der Waals surface area (Å²) >= 11 is 2.78. The topological polar surface area (TPSA) is 41.8 Å². The van der Waals surface area contributed by atoms with E-state index in [1.54, 1.807) is 34.0 Å². The molecule has 0 unspecified atom stereocenters. The van der Waals surface area contributed by atoms with Gasteiger partial charge < -0.3 is 4.90 Å². The summed E-state index contributed by atoms with van der Waals surface area (Å²) in [5, 5.41) is 1.79. The van der Waals surface area contributed by atoms with Crippen LogP contribution in [-0.2, 0) is 10.0 Å². The van der Waals surface area contributed by atoms with Crippen LogP contribution in [0.25, 0.3) is 0 Å². The Hall–Kier alpha value is -0.930. The molecule has 1 aliphatic rings. The number of benzene rings is 1. The van der Waals surface area contributed by atoms with Crippen LogP contribution >= 0.6 is 23.1 Å². The average molecular weight is 388 g/mol. The molecule has 0 aliphatic carbocycles. The highest BCUT2D eigenvalue weighted by Gasteiger charge is 2.30. The van der Waals surface area contributed by atoms with Gasteiger partial charge in [0.05, 0.1) is 32.7 Å². The zero-order valence-electron chi connectivity index (χ0n) is 13.2. The van der Waals surface area contributed by atoms with E-state index in [2.05, 4.69) is 0 Å². The maximum atomic E-state index is 13.6. The zero-order valence-corrected chi connectivity index (χ0v) is 15.6. The fourth-order valence-electron chi connectivity index (χ4n) is 2.70. The number of thioether (sulfide) groups is 1. The number of nitrogens with one attached hydrogen (secondary N) is 1. The highest BCUT2D eigenvalue weighted by molar-refractivity contribution is 7.99. The quantitative estimate of drug-likeness (QED) is 0.765. The lowest BCUT2D eigenvalue weighted by atomic mass is 10.3. The summed E-state index contributed by atoms with van der Waals surface area (Å²) in [4.78, 5) is 2.05. The van der Waals surface area contributed by atoms with Crippen LogP contribution in [0.4, 0.5) is 4.39 Å². The van der Waals surface area contributed by atoms with Crippen molar-refractivity contribution < 1.29 is 17.7 Å². The lowest BCUT2D eigenvalue weighted by Gasteiger charge is -2.31. The van der Waals surface area contributed by atoms with Crippen molar-refractivity contribution in [3.05, 3.63) is 47.6 Å². The Bertz CT molecular complexity index is 757. The van der Waals surface area contributed by atoms with Gasteiger partial charge in [-0.25, -0.2) is 12.8 Å². The molecule has 1 aromatic carbocycles. The maximum absolute atomic E-state index is 13.6. The van der Waals surface area contributed by atoms with Crippen LogP contribution in [0.2, 0.25) is 0 Å². The first-order valence-corrected chi connectivity index (χ1v) is 11.1. The van der Waals surface area contributed by atoms with Gasteiger partial charge in [0, 0.05) is 10.6 Å². The molecule has 1 fully saturated rings. The van der Waals surface area contributed by atoms with Gasteiger partial charge in [0.1, 0.15) is 10.0 Å². The van der Waals surface area contributed by atoms with Crippen molar-refractivity contribution in [2.45, 2.75) is 9.10 Å². The van der Waals surface area contributed by atoms with Gasteiger partial charge >= 0.3 is 0 Å². The van der Waals surface area contributed by atoms with Gasteiger partial charge in [0.25, 0.3) is 10.0 Å². The van der Waals surface area contributed by atoms with Crippen molar-refractivity contribution in [1.82, 2.24) is 4.31 Å². The van der Waals surface area contributed by atoms with E-state index in [9.17, 15) is 12.8 Å². The summed E-state index contributed by atoms with van der Waals surface area (Å²) in [7, 11) is -3.33. The summed E-state index contributed by atoms with van der Waals surface area (Å²) in [5.41, 5.74) is 0. The number of piperazine rings is 1. The van der Waals surface area contributed by atoms with Crippen molar-refractivity contribution in [3.8, 4) is 0 Å². The van der Waals surface area contributed by atoms with Crippen LogP contribution in [0.15, 0.2) is 50.9 Å². The Balaban J connectivity index is 1.47. The number of thiophene rings is 1. The van der Waals surface area contributed by atoms with Crippen LogP contribution in [0.3, 0.4) is 0 Å². The third kappa shape index (κ3) is 4.18. The molecule has 2 heterocycles. The Morgan fingerprint density at radius 2 is 1.92 bits per heavy atom. The van der Waals surface area contributed by atoms with Gasteiger partial charge in [-0.3, -0.25) is 0 Å². The zero-order chi connectivity index (χ0) is 17.0. The van der Waals surface area contributed by atoms with Gasteiger partial charge in [-0.05, 0) is 23.6 Å². The minimum absolute atomic E-state index is 0.177. The average Bonchev–Trinajstić information content (AvgIpc) is 3.12. The van der Waals surface area contributed by atoms with E-state index in [0.717, 1.165) is 25.4 Å². The van der Waals surface area contributed by atoms with E-state index < -0.39 is 10.0 Å². The normalized spacial score (nSPS) is 17.2. The SMILES string of the molecule is O=S(=O)(c1cccs1)N1CC[NH+](CCSc2ccccc2F)CC1. The molecule has 2 aromatic rings. The molecule has 8 heteroatoms. The third-order valence-corrected chi connectivity index (χ3v) is 8.39. The number of rotatable bonds is 6. The smallest absolute Gasteiger partial charge is 0.252 e. The van der Waals surface area contributed by atoms with Gasteiger partial charge in [0.15, 0.2) is 0 Å². The molecule has 130 valence electrons. The van der Waals surface area contributed by atoms with Crippen molar-refractivity contribution in [1.29, 1.82) is 0 Å². The molecular weight excluding hydrogens is 367 g/mol. The summed E-state index contributed by atoms with van der Waals surface area (Å²) in [6, 6.07) is 10.2. The summed E-state index contributed by atoms with van der Waals surface area (Å²) in [6.45, 7) is 3.58. The molecule has 24 heavy (non-hydrogen) atoms. The fourth-order valence-corrected chi connectivity index (χ4v) is 6.27. The number of sulfonamides is 1. The molecule has 1 N–H and O–H groups in total. The summed E-state index contributed by atoms with van der Waals surface area (Å²) < 4.78 is 40.5. The molecule has 1 aliphatic heterocycles. The fraction of sp³-hybridized carbons (Fsp3) is 0.375. The second-order valence-electron chi connectivity index (χ2n) is 5.62. The summed E-state index contributed by atoms with van der Waals surface area (Å²) in [6.07, 6.45) is 0. The van der Waals surface area contributed by atoms with Crippen molar-refractivity contribution >= 4 is 33.1 Å². The minimum atomic E-state index is -3.33. The van der Waals surface area contributed by atoms with Crippen LogP contribution in [0.5, 0.6) is 0 Å². The number of quaternary nitrogens is 1. The molecule has 0 atom stereocenters. The van der Waals surface area contributed by atoms with Crippen molar-refractivity contribution in [2.75, 3.05) is 38.5 Å². The Morgan fingerprint density at radius 3 is 2.58 bits per heavy atom. The monoisotopic (exact) mass is 387 g/mol. The number of hydrogen-bond acceptors (Lipinski definition) is 4. The second-order valence-corrected chi connectivity index (χ2v) is 9.86. The van der Waals surface area contributed by atoms with Gasteiger partial charge in [-0.1, -0.05) is 18.2 Å². The van der Waals surface area contributed by atoms with Crippen molar-refractivity contribution in [3.63, 3.8) is 0 Å². The second kappa shape index (κ2) is 7.97. The highest BCUT2D eigenvalue weighted by Crippen LogP contribution is 2.21. The number of hydrogen-bond donors (Lipinski definition) is 1. The lowest BCUT2D eigenvalue weighted by Crippen LogP contribution is -3.15. The molecule has 1 saturated heterocycles. The predicted octanol–water partition coefficient (Wildman–Crippen LogP) is 1.57. The standard InChI is InChI=1S/C16H19FN2O2S3/c17-14-4-1-2-5-15(14)22-13-11-18-7-9-19(10-8-18)24(20,21)16-6-3-12-23-16/h1-6,12H,7-11,13H2/p+1. The maximum Gasteiger partial charge on any atom is 0.252 e. The Morgan fingerprint density at radius 1 is 1.17 bits per heavy atom. The highest BCUT2D eigenvalue weighted by atomic mass is 32.2. The first-order chi connectivity index (χ1) is 11.6. The third-order valence-electron chi connectivity index (χ3n) is 4.07. The molecule has 1 aromatic heterocycles. The Labute approximate surface area is 150 Å². The predicted molar refractivity (Wildman–Crippen MR) is 95.8 cm³/mol. The van der Waals surface area contributed by atoms with Crippen LogP contribution in [0, 0.1) is 5.82 Å².